The van der Waals surface area contributed by atoms with E-state index in [1.54, 1.807) is 6.07 Å². The fourth-order valence-electron chi connectivity index (χ4n) is 2.81. The molecule has 0 radical (unpaired) electrons. The summed E-state index contributed by atoms with van der Waals surface area (Å²) in [7, 11) is 0. The number of nitrogens with two attached hydrogens (primary N) is 1. The van der Waals surface area contributed by atoms with Gasteiger partial charge in [0, 0.05) is 48.8 Å². The molecule has 1 aliphatic heterocycles. The van der Waals surface area contributed by atoms with Gasteiger partial charge in [0.2, 0.25) is 0 Å². The minimum absolute atomic E-state index is 0.0400. The van der Waals surface area contributed by atoms with Gasteiger partial charge >= 0.3 is 0 Å². The van der Waals surface area contributed by atoms with Crippen molar-refractivity contribution in [2.24, 2.45) is 5.73 Å². The minimum Gasteiger partial charge on any atom is -0.329 e. The fraction of sp³-hybridized carbons (Fsp3) is 0.600. The molecule has 0 aromatic heterocycles. The van der Waals surface area contributed by atoms with E-state index in [1.807, 2.05) is 6.07 Å². The third kappa shape index (κ3) is 3.58. The zero-order valence-corrected chi connectivity index (χ0v) is 13.7. The Morgan fingerprint density at radius 2 is 1.80 bits per heavy atom. The van der Waals surface area contributed by atoms with Gasteiger partial charge in [-0.2, -0.15) is 0 Å². The van der Waals surface area contributed by atoms with Crippen LogP contribution in [0.1, 0.15) is 25.5 Å². The summed E-state index contributed by atoms with van der Waals surface area (Å²) >= 11 is 3.41. The highest BCUT2D eigenvalue weighted by Gasteiger charge is 2.26. The van der Waals surface area contributed by atoms with Crippen LogP contribution in [0.25, 0.3) is 0 Å². The van der Waals surface area contributed by atoms with Crippen LogP contribution in [0.5, 0.6) is 0 Å². The first-order valence-electron chi connectivity index (χ1n) is 7.16. The Balaban J connectivity index is 2.11. The van der Waals surface area contributed by atoms with Gasteiger partial charge in [0.25, 0.3) is 0 Å². The first-order chi connectivity index (χ1) is 9.52. The predicted octanol–water partition coefficient (Wildman–Crippen LogP) is 2.61. The molecule has 0 amide bonds. The summed E-state index contributed by atoms with van der Waals surface area (Å²) in [6.45, 7) is 8.77. The molecule has 2 N–H and O–H groups in total. The van der Waals surface area contributed by atoms with E-state index in [2.05, 4.69) is 39.6 Å². The van der Waals surface area contributed by atoms with Crippen LogP contribution in [0.2, 0.25) is 0 Å². The van der Waals surface area contributed by atoms with Crippen LogP contribution in [-0.4, -0.2) is 48.6 Å². The van der Waals surface area contributed by atoms with Gasteiger partial charge in [-0.25, -0.2) is 4.39 Å². The monoisotopic (exact) mass is 343 g/mol. The van der Waals surface area contributed by atoms with Crippen LogP contribution in [0.4, 0.5) is 4.39 Å². The first kappa shape index (κ1) is 15.9. The lowest BCUT2D eigenvalue weighted by molar-refractivity contribution is 0.0791. The fourth-order valence-corrected chi connectivity index (χ4v) is 3.19. The Bertz CT molecular complexity index is 445. The molecule has 1 aromatic carbocycles. The van der Waals surface area contributed by atoms with Gasteiger partial charge in [-0.3, -0.25) is 9.80 Å². The lowest BCUT2D eigenvalue weighted by Crippen LogP contribution is -2.51. The molecule has 1 aromatic rings. The van der Waals surface area contributed by atoms with Crippen molar-refractivity contribution in [3.8, 4) is 0 Å². The average molecular weight is 344 g/mol. The Morgan fingerprint density at radius 1 is 1.20 bits per heavy atom. The third-order valence-corrected chi connectivity index (χ3v) is 4.55. The second-order valence-electron chi connectivity index (χ2n) is 5.58. The highest BCUT2D eigenvalue weighted by atomic mass is 79.9. The van der Waals surface area contributed by atoms with Crippen LogP contribution in [-0.2, 0) is 0 Å². The van der Waals surface area contributed by atoms with Crippen LogP contribution >= 0.6 is 15.9 Å². The topological polar surface area (TPSA) is 32.5 Å². The first-order valence-corrected chi connectivity index (χ1v) is 7.95. The summed E-state index contributed by atoms with van der Waals surface area (Å²) in [5.41, 5.74) is 6.61. The zero-order chi connectivity index (χ0) is 14.7. The maximum absolute atomic E-state index is 14.1. The van der Waals surface area contributed by atoms with Crippen molar-refractivity contribution in [2.45, 2.75) is 25.9 Å². The summed E-state index contributed by atoms with van der Waals surface area (Å²) in [4.78, 5) is 4.74. The molecule has 3 nitrogen and oxygen atoms in total. The number of halogens is 2. The van der Waals surface area contributed by atoms with Crippen LogP contribution in [0.15, 0.2) is 22.7 Å². The molecule has 0 bridgehead atoms. The number of rotatable bonds is 4. The Kier molecular flexibility index (Phi) is 5.55. The van der Waals surface area contributed by atoms with E-state index in [9.17, 15) is 4.39 Å². The smallest absolute Gasteiger partial charge is 0.128 e. The van der Waals surface area contributed by atoms with Gasteiger partial charge < -0.3 is 5.73 Å². The van der Waals surface area contributed by atoms with Crippen molar-refractivity contribution in [3.05, 3.63) is 34.1 Å². The summed E-state index contributed by atoms with van der Waals surface area (Å²) in [6.07, 6.45) is 0. The van der Waals surface area contributed by atoms with Gasteiger partial charge in [0.1, 0.15) is 5.82 Å². The summed E-state index contributed by atoms with van der Waals surface area (Å²) in [5.74, 6) is -0.171. The minimum atomic E-state index is -0.171. The van der Waals surface area contributed by atoms with Crippen LogP contribution < -0.4 is 5.73 Å². The number of piperazine rings is 1. The molecular weight excluding hydrogens is 321 g/mol. The van der Waals surface area contributed by atoms with E-state index in [0.717, 1.165) is 30.7 Å². The highest BCUT2D eigenvalue weighted by molar-refractivity contribution is 9.10. The summed E-state index contributed by atoms with van der Waals surface area (Å²) in [6, 6.07) is 5.61. The summed E-state index contributed by atoms with van der Waals surface area (Å²) < 4.78 is 14.9. The van der Waals surface area contributed by atoms with E-state index in [4.69, 9.17) is 5.73 Å². The van der Waals surface area contributed by atoms with E-state index in [1.165, 1.54) is 6.07 Å². The molecule has 1 aliphatic rings. The second kappa shape index (κ2) is 6.98. The van der Waals surface area contributed by atoms with Gasteiger partial charge in [-0.15, -0.1) is 0 Å². The van der Waals surface area contributed by atoms with Gasteiger partial charge in [-0.1, -0.05) is 15.9 Å². The number of hydrogen-bond acceptors (Lipinski definition) is 3. The van der Waals surface area contributed by atoms with Crippen LogP contribution in [0.3, 0.4) is 0 Å². The molecule has 112 valence electrons. The standard InChI is InChI=1S/C15H23BrFN3/c1-11(2)19-5-7-20(8-6-19)15(10-18)13-9-12(16)3-4-14(13)17/h3-4,9,11,15H,5-8,10,18H2,1-2H3. The molecule has 0 aliphatic carbocycles. The van der Waals surface area contributed by atoms with Gasteiger partial charge in [0.05, 0.1) is 6.04 Å². The van der Waals surface area contributed by atoms with E-state index in [-0.39, 0.29) is 11.9 Å². The van der Waals surface area contributed by atoms with Crippen molar-refractivity contribution in [1.82, 2.24) is 9.80 Å². The molecular formula is C15H23BrFN3. The van der Waals surface area contributed by atoms with Crippen LogP contribution in [0, 0.1) is 5.82 Å². The lowest BCUT2D eigenvalue weighted by atomic mass is 10.0. The van der Waals surface area contributed by atoms with Crippen molar-refractivity contribution >= 4 is 15.9 Å². The van der Waals surface area contributed by atoms with Crippen molar-refractivity contribution in [1.29, 1.82) is 0 Å². The molecule has 0 saturated carbocycles. The normalized spacial score (nSPS) is 19.5. The number of hydrogen-bond donors (Lipinski definition) is 1. The largest absolute Gasteiger partial charge is 0.329 e. The second-order valence-corrected chi connectivity index (χ2v) is 6.50. The lowest BCUT2D eigenvalue weighted by Gasteiger charge is -2.40. The number of nitrogens with zero attached hydrogens (tertiary/aromatic N) is 2. The maximum atomic E-state index is 14.1. The molecule has 1 fully saturated rings. The highest BCUT2D eigenvalue weighted by Crippen LogP contribution is 2.26. The van der Waals surface area contributed by atoms with E-state index >= 15 is 0 Å². The Hall–Kier alpha value is -0.490. The molecule has 2 rings (SSSR count). The molecule has 0 spiro atoms. The average Bonchev–Trinajstić information content (AvgIpc) is 2.44. The van der Waals surface area contributed by atoms with Crippen molar-refractivity contribution in [3.63, 3.8) is 0 Å². The predicted molar refractivity (Wildman–Crippen MR) is 84.2 cm³/mol. The quantitative estimate of drug-likeness (QED) is 0.911. The summed E-state index contributed by atoms with van der Waals surface area (Å²) in [5, 5.41) is 0. The van der Waals surface area contributed by atoms with Gasteiger partial charge in [0.15, 0.2) is 0 Å². The molecule has 5 heteroatoms. The Labute approximate surface area is 129 Å². The third-order valence-electron chi connectivity index (χ3n) is 4.06. The van der Waals surface area contributed by atoms with Gasteiger partial charge in [-0.05, 0) is 32.0 Å². The molecule has 1 unspecified atom stereocenters. The Morgan fingerprint density at radius 3 is 2.35 bits per heavy atom. The molecule has 1 atom stereocenters. The van der Waals surface area contributed by atoms with Crippen molar-refractivity contribution < 1.29 is 4.39 Å². The zero-order valence-electron chi connectivity index (χ0n) is 12.1. The SMILES string of the molecule is CC(C)N1CCN(C(CN)c2cc(Br)ccc2F)CC1. The van der Waals surface area contributed by atoms with Crippen molar-refractivity contribution in [2.75, 3.05) is 32.7 Å². The molecule has 1 heterocycles. The maximum Gasteiger partial charge on any atom is 0.128 e. The molecule has 1 saturated heterocycles. The number of benzene rings is 1. The van der Waals surface area contributed by atoms with E-state index < -0.39 is 0 Å². The van der Waals surface area contributed by atoms with E-state index in [0.29, 0.717) is 18.2 Å². The molecule has 20 heavy (non-hydrogen) atoms.